The van der Waals surface area contributed by atoms with Crippen LogP contribution in [0.25, 0.3) is 5.70 Å². The molecule has 0 amide bonds. The number of allylic oxidation sites excluding steroid dienone is 1. The van der Waals surface area contributed by atoms with Crippen molar-refractivity contribution in [1.29, 1.82) is 0 Å². The largest absolute Gasteiger partial charge is 0.396 e. The van der Waals surface area contributed by atoms with Crippen molar-refractivity contribution in [2.45, 2.75) is 25.8 Å². The number of halogens is 1. The van der Waals surface area contributed by atoms with E-state index in [9.17, 15) is 0 Å². The summed E-state index contributed by atoms with van der Waals surface area (Å²) in [5.41, 5.74) is 4.51. The molecule has 5 nitrogen and oxygen atoms in total. The summed E-state index contributed by atoms with van der Waals surface area (Å²) in [6.45, 7) is 2.23. The molecule has 0 saturated heterocycles. The Balaban J connectivity index is 1.76. The van der Waals surface area contributed by atoms with Crippen LogP contribution in [-0.4, -0.2) is 26.5 Å². The summed E-state index contributed by atoms with van der Waals surface area (Å²) in [6.07, 6.45) is 3.50. The Morgan fingerprint density at radius 2 is 1.85 bits per heavy atom. The number of benzene rings is 2. The lowest BCUT2D eigenvalue weighted by atomic mass is 10.0. The van der Waals surface area contributed by atoms with Crippen LogP contribution in [0.3, 0.4) is 0 Å². The standard InChI is InChI=1S/C21H21BrN4O/c1-14-4-6-16(7-5-14)19-13-18(15-8-10-17(22)11-9-15)23-21-24-20(3-2-12-27)25-26(19)21/h4-11,13,19,27H,2-3,12H2,1H3,(H,23,24,25). The van der Waals surface area contributed by atoms with Gasteiger partial charge < -0.3 is 10.4 Å². The fourth-order valence-corrected chi connectivity index (χ4v) is 3.44. The van der Waals surface area contributed by atoms with Crippen LogP contribution in [0.1, 0.15) is 35.0 Å². The van der Waals surface area contributed by atoms with E-state index in [1.807, 2.05) is 16.8 Å². The van der Waals surface area contributed by atoms with Crippen LogP contribution in [0.15, 0.2) is 59.1 Å². The average molecular weight is 425 g/mol. The van der Waals surface area contributed by atoms with Crippen molar-refractivity contribution in [3.8, 4) is 0 Å². The van der Waals surface area contributed by atoms with E-state index in [0.717, 1.165) is 33.1 Å². The van der Waals surface area contributed by atoms with E-state index >= 15 is 0 Å². The van der Waals surface area contributed by atoms with Gasteiger partial charge in [-0.25, -0.2) is 4.68 Å². The van der Waals surface area contributed by atoms with Gasteiger partial charge in [0.1, 0.15) is 6.04 Å². The lowest BCUT2D eigenvalue weighted by Gasteiger charge is -2.24. The summed E-state index contributed by atoms with van der Waals surface area (Å²) in [6, 6.07) is 16.7. The maximum Gasteiger partial charge on any atom is 0.226 e. The first-order valence-electron chi connectivity index (χ1n) is 9.01. The number of nitrogens with zero attached hydrogens (tertiary/aromatic N) is 3. The number of rotatable bonds is 5. The Labute approximate surface area is 166 Å². The maximum absolute atomic E-state index is 9.11. The Morgan fingerprint density at radius 3 is 2.56 bits per heavy atom. The summed E-state index contributed by atoms with van der Waals surface area (Å²) in [7, 11) is 0. The number of aryl methyl sites for hydroxylation is 2. The number of aromatic nitrogens is 3. The van der Waals surface area contributed by atoms with Crippen LogP contribution in [-0.2, 0) is 6.42 Å². The van der Waals surface area contributed by atoms with Gasteiger partial charge in [-0.1, -0.05) is 57.9 Å². The van der Waals surface area contributed by atoms with Gasteiger partial charge in [-0.3, -0.25) is 0 Å². The molecule has 1 atom stereocenters. The van der Waals surface area contributed by atoms with Gasteiger partial charge in [0.2, 0.25) is 5.95 Å². The van der Waals surface area contributed by atoms with E-state index in [-0.39, 0.29) is 12.6 Å². The average Bonchev–Trinajstić information content (AvgIpc) is 3.10. The molecule has 2 aromatic carbocycles. The predicted molar refractivity (Wildman–Crippen MR) is 110 cm³/mol. The second-order valence-corrected chi connectivity index (χ2v) is 7.61. The Morgan fingerprint density at radius 1 is 1.11 bits per heavy atom. The second kappa shape index (κ2) is 7.66. The van der Waals surface area contributed by atoms with Crippen LogP contribution in [0.2, 0.25) is 0 Å². The predicted octanol–water partition coefficient (Wildman–Crippen LogP) is 4.33. The summed E-state index contributed by atoms with van der Waals surface area (Å²) >= 11 is 3.49. The van der Waals surface area contributed by atoms with Crippen LogP contribution in [0.4, 0.5) is 5.95 Å². The van der Waals surface area contributed by atoms with E-state index in [1.54, 1.807) is 0 Å². The monoisotopic (exact) mass is 424 g/mol. The van der Waals surface area contributed by atoms with Gasteiger partial charge in [-0.05, 0) is 42.7 Å². The van der Waals surface area contributed by atoms with Gasteiger partial charge in [-0.15, -0.1) is 0 Å². The molecule has 0 radical (unpaired) electrons. The molecule has 0 fully saturated rings. The highest BCUT2D eigenvalue weighted by Gasteiger charge is 2.25. The zero-order valence-electron chi connectivity index (χ0n) is 15.1. The van der Waals surface area contributed by atoms with Gasteiger partial charge in [0, 0.05) is 23.2 Å². The van der Waals surface area contributed by atoms with E-state index in [0.29, 0.717) is 12.8 Å². The number of anilines is 1. The molecular weight excluding hydrogens is 404 g/mol. The van der Waals surface area contributed by atoms with Crippen molar-refractivity contribution in [2.24, 2.45) is 0 Å². The minimum absolute atomic E-state index is 0.0316. The molecule has 1 unspecified atom stereocenters. The van der Waals surface area contributed by atoms with Crippen molar-refractivity contribution in [2.75, 3.05) is 11.9 Å². The highest BCUT2D eigenvalue weighted by molar-refractivity contribution is 9.10. The van der Waals surface area contributed by atoms with Crippen molar-refractivity contribution < 1.29 is 5.11 Å². The number of hydrogen-bond acceptors (Lipinski definition) is 4. The Bertz CT molecular complexity index is 961. The van der Waals surface area contributed by atoms with Gasteiger partial charge in [-0.2, -0.15) is 10.1 Å². The lowest BCUT2D eigenvalue weighted by molar-refractivity contribution is 0.287. The Kier molecular flexibility index (Phi) is 5.09. The topological polar surface area (TPSA) is 63.0 Å². The minimum Gasteiger partial charge on any atom is -0.396 e. The number of aliphatic hydroxyl groups excluding tert-OH is 1. The third-order valence-electron chi connectivity index (χ3n) is 4.64. The molecule has 4 rings (SSSR count). The van der Waals surface area contributed by atoms with Crippen molar-refractivity contribution in [3.63, 3.8) is 0 Å². The maximum atomic E-state index is 9.11. The van der Waals surface area contributed by atoms with Gasteiger partial charge in [0.05, 0.1) is 0 Å². The lowest BCUT2D eigenvalue weighted by Crippen LogP contribution is -2.20. The van der Waals surface area contributed by atoms with Crippen molar-refractivity contribution in [3.05, 3.63) is 81.6 Å². The molecule has 6 heteroatoms. The highest BCUT2D eigenvalue weighted by Crippen LogP contribution is 2.33. The molecule has 1 aliphatic rings. The molecule has 0 saturated carbocycles. The molecular formula is C21H21BrN4O. The first kappa shape index (κ1) is 17.9. The van der Waals surface area contributed by atoms with Crippen LogP contribution >= 0.6 is 15.9 Å². The fraction of sp³-hybridized carbons (Fsp3) is 0.238. The number of fused-ring (bicyclic) bond motifs is 1. The summed E-state index contributed by atoms with van der Waals surface area (Å²) < 4.78 is 2.98. The molecule has 27 heavy (non-hydrogen) atoms. The van der Waals surface area contributed by atoms with Gasteiger partial charge in [0.25, 0.3) is 0 Å². The zero-order chi connectivity index (χ0) is 18.8. The van der Waals surface area contributed by atoms with Crippen LogP contribution in [0, 0.1) is 6.92 Å². The summed E-state index contributed by atoms with van der Waals surface area (Å²) in [5.74, 6) is 1.48. The fourth-order valence-electron chi connectivity index (χ4n) is 3.18. The number of hydrogen-bond donors (Lipinski definition) is 2. The summed E-state index contributed by atoms with van der Waals surface area (Å²) in [4.78, 5) is 4.65. The molecule has 0 spiro atoms. The van der Waals surface area contributed by atoms with E-state index in [2.05, 4.69) is 75.6 Å². The van der Waals surface area contributed by atoms with Gasteiger partial charge in [0.15, 0.2) is 5.82 Å². The number of nitrogens with one attached hydrogen (secondary N) is 1. The highest BCUT2D eigenvalue weighted by atomic mass is 79.9. The Hall–Kier alpha value is -2.44. The molecule has 1 aromatic heterocycles. The zero-order valence-corrected chi connectivity index (χ0v) is 16.6. The molecule has 0 bridgehead atoms. The first-order valence-corrected chi connectivity index (χ1v) is 9.81. The SMILES string of the molecule is Cc1ccc(C2C=C(c3ccc(Br)cc3)Nc3nc(CCCO)nn32)cc1. The quantitative estimate of drug-likeness (QED) is 0.639. The van der Waals surface area contributed by atoms with Gasteiger partial charge >= 0.3 is 0 Å². The molecule has 0 aliphatic carbocycles. The van der Waals surface area contributed by atoms with Crippen molar-refractivity contribution >= 4 is 27.6 Å². The summed E-state index contributed by atoms with van der Waals surface area (Å²) in [5, 5.41) is 17.2. The van der Waals surface area contributed by atoms with Crippen molar-refractivity contribution in [1.82, 2.24) is 14.8 Å². The molecule has 3 aromatic rings. The normalized spacial score (nSPS) is 15.8. The first-order chi connectivity index (χ1) is 13.1. The van der Waals surface area contributed by atoms with E-state index in [4.69, 9.17) is 10.2 Å². The molecule has 138 valence electrons. The molecule has 2 N–H and O–H groups in total. The molecule has 2 heterocycles. The smallest absolute Gasteiger partial charge is 0.226 e. The van der Waals surface area contributed by atoms with E-state index < -0.39 is 0 Å². The third kappa shape index (κ3) is 3.82. The number of aliphatic hydroxyl groups is 1. The van der Waals surface area contributed by atoms with E-state index in [1.165, 1.54) is 5.56 Å². The van der Waals surface area contributed by atoms with Crippen LogP contribution < -0.4 is 5.32 Å². The minimum atomic E-state index is -0.0316. The third-order valence-corrected chi connectivity index (χ3v) is 5.17. The van der Waals surface area contributed by atoms with Crippen LogP contribution in [0.5, 0.6) is 0 Å². The molecule has 1 aliphatic heterocycles. The second-order valence-electron chi connectivity index (χ2n) is 6.69.